The molecule has 1 atom stereocenters. The molecule has 9 nitrogen and oxygen atoms in total. The summed E-state index contributed by atoms with van der Waals surface area (Å²) in [6.07, 6.45) is 1.97. The molecule has 9 heteroatoms. The van der Waals surface area contributed by atoms with Crippen LogP contribution in [0.25, 0.3) is 0 Å². The summed E-state index contributed by atoms with van der Waals surface area (Å²) in [5.41, 5.74) is 12.0. The van der Waals surface area contributed by atoms with Crippen molar-refractivity contribution in [1.29, 1.82) is 0 Å². The van der Waals surface area contributed by atoms with Crippen LogP contribution in [-0.2, 0) is 19.1 Å². The third-order valence-electron chi connectivity index (χ3n) is 3.49. The van der Waals surface area contributed by atoms with E-state index in [4.69, 9.17) is 11.5 Å². The quantitative estimate of drug-likeness (QED) is 0.185. The number of carbonyl (C=O) groups excluding carboxylic acids is 4. The van der Waals surface area contributed by atoms with Crippen molar-refractivity contribution in [3.05, 3.63) is 29.8 Å². The molecule has 0 unspecified atom stereocenters. The largest absolute Gasteiger partial charge is 0.395 e. The van der Waals surface area contributed by atoms with Gasteiger partial charge in [-0.25, -0.2) is 0 Å². The Kier molecular flexibility index (Phi) is 9.58. The molecule has 142 valence electrons. The zero-order valence-electron chi connectivity index (χ0n) is 14.4. The van der Waals surface area contributed by atoms with Gasteiger partial charge < -0.3 is 26.8 Å². The molecule has 0 spiro atoms. The zero-order chi connectivity index (χ0) is 19.4. The zero-order valence-corrected chi connectivity index (χ0v) is 14.4. The third-order valence-corrected chi connectivity index (χ3v) is 3.49. The fourth-order valence-corrected chi connectivity index (χ4v) is 2.11. The van der Waals surface area contributed by atoms with Crippen LogP contribution in [0.2, 0.25) is 0 Å². The van der Waals surface area contributed by atoms with Gasteiger partial charge in [0.1, 0.15) is 0 Å². The Morgan fingerprint density at radius 3 is 2.69 bits per heavy atom. The fourth-order valence-electron chi connectivity index (χ4n) is 2.11. The Hall–Kier alpha value is -2.78. The SMILES string of the molecule is NCCCC[C@H](N)C(=O)Nc1cccc(C(=O)NCCC(=O)OC=O)c1. The highest BCUT2D eigenvalue weighted by atomic mass is 16.6. The standard InChI is InChI=1S/C17H24N4O5/c18-8-2-1-6-14(19)17(25)21-13-5-3-4-12(10-13)16(24)20-9-7-15(23)26-11-22/h3-5,10-11,14H,1-2,6-9,18-19H2,(H,20,24)(H,21,25)/t14-/m0/s1. The predicted octanol–water partition coefficient (Wildman–Crippen LogP) is -0.0991. The van der Waals surface area contributed by atoms with Gasteiger partial charge in [0.25, 0.3) is 5.91 Å². The number of hydrogen-bond acceptors (Lipinski definition) is 7. The maximum atomic E-state index is 12.0. The van der Waals surface area contributed by atoms with E-state index >= 15 is 0 Å². The van der Waals surface area contributed by atoms with E-state index in [0.717, 1.165) is 12.8 Å². The number of rotatable bonds is 11. The van der Waals surface area contributed by atoms with E-state index in [1.165, 1.54) is 6.07 Å². The van der Waals surface area contributed by atoms with Crippen LogP contribution in [0.3, 0.4) is 0 Å². The van der Waals surface area contributed by atoms with Crippen LogP contribution in [0, 0.1) is 0 Å². The van der Waals surface area contributed by atoms with Crippen molar-refractivity contribution in [3.8, 4) is 0 Å². The molecule has 0 aliphatic rings. The number of benzene rings is 1. The minimum atomic E-state index is -0.732. The first-order valence-corrected chi connectivity index (χ1v) is 8.25. The molecular weight excluding hydrogens is 340 g/mol. The van der Waals surface area contributed by atoms with E-state index in [0.29, 0.717) is 24.2 Å². The summed E-state index contributed by atoms with van der Waals surface area (Å²) in [6, 6.07) is 5.68. The molecule has 0 aliphatic carbocycles. The molecular formula is C17H24N4O5. The lowest BCUT2D eigenvalue weighted by Crippen LogP contribution is -2.35. The summed E-state index contributed by atoms with van der Waals surface area (Å²) in [5.74, 6) is -1.49. The van der Waals surface area contributed by atoms with Gasteiger partial charge in [-0.05, 0) is 37.6 Å². The van der Waals surface area contributed by atoms with Crippen molar-refractivity contribution in [2.75, 3.05) is 18.4 Å². The first-order valence-electron chi connectivity index (χ1n) is 8.25. The molecule has 0 aromatic heterocycles. The Morgan fingerprint density at radius 2 is 2.00 bits per heavy atom. The first kappa shape index (κ1) is 21.3. The van der Waals surface area contributed by atoms with Gasteiger partial charge in [0, 0.05) is 17.8 Å². The second kappa shape index (κ2) is 11.7. The Labute approximate surface area is 151 Å². The third kappa shape index (κ3) is 7.86. The van der Waals surface area contributed by atoms with Crippen LogP contribution in [0.1, 0.15) is 36.0 Å². The summed E-state index contributed by atoms with van der Waals surface area (Å²) in [5, 5.41) is 5.19. The number of esters is 1. The van der Waals surface area contributed by atoms with Gasteiger partial charge in [-0.2, -0.15) is 0 Å². The first-order chi connectivity index (χ1) is 12.5. The monoisotopic (exact) mass is 364 g/mol. The topological polar surface area (TPSA) is 154 Å². The van der Waals surface area contributed by atoms with Gasteiger partial charge in [0.15, 0.2) is 0 Å². The van der Waals surface area contributed by atoms with Gasteiger partial charge in [0.05, 0.1) is 12.5 Å². The van der Waals surface area contributed by atoms with Crippen molar-refractivity contribution in [3.63, 3.8) is 0 Å². The maximum absolute atomic E-state index is 12.0. The van der Waals surface area contributed by atoms with E-state index in [1.54, 1.807) is 18.2 Å². The van der Waals surface area contributed by atoms with Crippen molar-refractivity contribution in [2.24, 2.45) is 11.5 Å². The van der Waals surface area contributed by atoms with E-state index in [1.807, 2.05) is 0 Å². The number of unbranched alkanes of at least 4 members (excludes halogenated alkanes) is 1. The Bertz CT molecular complexity index is 635. The lowest BCUT2D eigenvalue weighted by Gasteiger charge is -2.13. The second-order valence-electron chi connectivity index (χ2n) is 5.55. The number of hydrogen-bond donors (Lipinski definition) is 4. The number of anilines is 1. The number of carbonyl (C=O) groups is 4. The van der Waals surface area contributed by atoms with Gasteiger partial charge in [0.2, 0.25) is 5.91 Å². The number of nitrogens with two attached hydrogens (primary N) is 2. The van der Waals surface area contributed by atoms with Crippen molar-refractivity contribution < 1.29 is 23.9 Å². The molecule has 1 aromatic rings. The predicted molar refractivity (Wildman–Crippen MR) is 95.1 cm³/mol. The normalized spacial score (nSPS) is 11.3. The summed E-state index contributed by atoms with van der Waals surface area (Å²) in [4.78, 5) is 45.1. The lowest BCUT2D eigenvalue weighted by atomic mass is 10.1. The second-order valence-corrected chi connectivity index (χ2v) is 5.55. The van der Waals surface area contributed by atoms with Gasteiger partial charge in [-0.15, -0.1) is 0 Å². The van der Waals surface area contributed by atoms with Crippen molar-refractivity contribution in [1.82, 2.24) is 5.32 Å². The summed E-state index contributed by atoms with van der Waals surface area (Å²) < 4.78 is 4.11. The molecule has 1 aromatic carbocycles. The average Bonchev–Trinajstić information content (AvgIpc) is 2.62. The van der Waals surface area contributed by atoms with Gasteiger partial charge in [-0.1, -0.05) is 12.5 Å². The maximum Gasteiger partial charge on any atom is 0.315 e. The molecule has 0 aliphatic heterocycles. The van der Waals surface area contributed by atoms with Gasteiger partial charge in [-0.3, -0.25) is 19.2 Å². The molecule has 0 heterocycles. The Morgan fingerprint density at radius 1 is 1.23 bits per heavy atom. The highest BCUT2D eigenvalue weighted by Gasteiger charge is 2.14. The molecule has 0 radical (unpaired) electrons. The number of amides is 2. The summed E-state index contributed by atoms with van der Waals surface area (Å²) in [6.45, 7) is 0.615. The number of ether oxygens (including phenoxy) is 1. The van der Waals surface area contributed by atoms with Crippen molar-refractivity contribution >= 4 is 29.9 Å². The molecule has 1 rings (SSSR count). The van der Waals surface area contributed by atoms with Crippen LogP contribution in [0.15, 0.2) is 24.3 Å². The van der Waals surface area contributed by atoms with E-state index in [-0.39, 0.29) is 25.3 Å². The van der Waals surface area contributed by atoms with Gasteiger partial charge >= 0.3 is 12.4 Å². The molecule has 26 heavy (non-hydrogen) atoms. The molecule has 0 saturated carbocycles. The molecule has 0 bridgehead atoms. The summed E-state index contributed by atoms with van der Waals surface area (Å²) >= 11 is 0. The Balaban J connectivity index is 2.53. The molecule has 0 saturated heterocycles. The van der Waals surface area contributed by atoms with Crippen LogP contribution in [0.4, 0.5) is 5.69 Å². The molecule has 6 N–H and O–H groups in total. The smallest absolute Gasteiger partial charge is 0.315 e. The fraction of sp³-hybridized carbons (Fsp3) is 0.412. The lowest BCUT2D eigenvalue weighted by molar-refractivity contribution is -0.151. The highest BCUT2D eigenvalue weighted by molar-refractivity contribution is 5.98. The highest BCUT2D eigenvalue weighted by Crippen LogP contribution is 2.12. The van der Waals surface area contributed by atoms with E-state index in [9.17, 15) is 19.2 Å². The number of nitrogens with one attached hydrogen (secondary N) is 2. The molecule has 0 fully saturated rings. The van der Waals surface area contributed by atoms with Crippen LogP contribution in [-0.4, -0.2) is 43.4 Å². The van der Waals surface area contributed by atoms with Crippen LogP contribution < -0.4 is 22.1 Å². The van der Waals surface area contributed by atoms with Crippen LogP contribution >= 0.6 is 0 Å². The van der Waals surface area contributed by atoms with E-state index < -0.39 is 17.9 Å². The minimum Gasteiger partial charge on any atom is -0.395 e. The average molecular weight is 364 g/mol. The summed E-state index contributed by atoms with van der Waals surface area (Å²) in [7, 11) is 0. The van der Waals surface area contributed by atoms with Crippen molar-refractivity contribution in [2.45, 2.75) is 31.7 Å². The van der Waals surface area contributed by atoms with E-state index in [2.05, 4.69) is 15.4 Å². The van der Waals surface area contributed by atoms with Crippen LogP contribution in [0.5, 0.6) is 0 Å². The molecule has 2 amide bonds. The minimum absolute atomic E-state index is 0.0219.